The van der Waals surface area contributed by atoms with Crippen LogP contribution in [0.25, 0.3) is 0 Å². The smallest absolute Gasteiger partial charge is 0.0645 e. The topological polar surface area (TPSA) is 39.5 Å². The van der Waals surface area contributed by atoms with Gasteiger partial charge in [0.25, 0.3) is 0 Å². The van der Waals surface area contributed by atoms with Crippen LogP contribution in [0.5, 0.6) is 0 Å². The third kappa shape index (κ3) is 3.11. The van der Waals surface area contributed by atoms with Crippen LogP contribution >= 0.6 is 0 Å². The maximum absolute atomic E-state index is 5.66. The third-order valence-corrected chi connectivity index (χ3v) is 4.10. The molecule has 3 rings (SSSR count). The Morgan fingerprint density at radius 2 is 2.45 bits per heavy atom. The van der Waals surface area contributed by atoms with Crippen molar-refractivity contribution in [2.75, 3.05) is 33.0 Å². The molecular formula is C15H23N3O2. The number of rotatable bonds is 5. The normalized spacial score (nSPS) is 27.2. The summed E-state index contributed by atoms with van der Waals surface area (Å²) >= 11 is 0. The van der Waals surface area contributed by atoms with E-state index in [0.29, 0.717) is 18.6 Å². The lowest BCUT2D eigenvalue weighted by atomic mass is 10.1. The Balaban J connectivity index is 1.70. The first kappa shape index (κ1) is 13.8. The highest BCUT2D eigenvalue weighted by Gasteiger charge is 2.29. The minimum Gasteiger partial charge on any atom is -0.380 e. The molecule has 2 atom stereocenters. The van der Waals surface area contributed by atoms with Crippen LogP contribution in [-0.4, -0.2) is 53.7 Å². The molecule has 0 spiro atoms. The molecule has 0 unspecified atom stereocenters. The van der Waals surface area contributed by atoms with Crippen molar-refractivity contribution in [3.05, 3.63) is 30.6 Å². The van der Waals surface area contributed by atoms with E-state index in [-0.39, 0.29) is 0 Å². The number of fused-ring (bicyclic) bond motifs is 1. The van der Waals surface area contributed by atoms with Gasteiger partial charge in [0.05, 0.1) is 25.5 Å². The molecule has 5 nitrogen and oxygen atoms in total. The summed E-state index contributed by atoms with van der Waals surface area (Å²) in [7, 11) is 0. The summed E-state index contributed by atoms with van der Waals surface area (Å²) in [4.78, 5) is 2.54. The zero-order valence-corrected chi connectivity index (χ0v) is 11.9. The van der Waals surface area contributed by atoms with Crippen molar-refractivity contribution in [1.29, 1.82) is 0 Å². The number of hydrogen-bond acceptors (Lipinski definition) is 4. The monoisotopic (exact) mass is 277 g/mol. The Bertz CT molecular complexity index is 440. The van der Waals surface area contributed by atoms with Crippen LogP contribution in [0.3, 0.4) is 0 Å². The van der Waals surface area contributed by atoms with Crippen molar-refractivity contribution in [2.45, 2.75) is 25.6 Å². The molecule has 0 aliphatic carbocycles. The molecule has 0 radical (unpaired) electrons. The van der Waals surface area contributed by atoms with Gasteiger partial charge in [-0.1, -0.05) is 6.08 Å². The van der Waals surface area contributed by atoms with E-state index < -0.39 is 0 Å². The summed E-state index contributed by atoms with van der Waals surface area (Å²) in [5.41, 5.74) is 1.29. The number of nitrogens with zero attached hydrogens (tertiary/aromatic N) is 3. The van der Waals surface area contributed by atoms with Gasteiger partial charge in [0, 0.05) is 44.4 Å². The van der Waals surface area contributed by atoms with Crippen molar-refractivity contribution < 1.29 is 9.47 Å². The Kier molecular flexibility index (Phi) is 4.50. The van der Waals surface area contributed by atoms with Crippen molar-refractivity contribution >= 4 is 0 Å². The predicted octanol–water partition coefficient (Wildman–Crippen LogP) is 1.31. The highest BCUT2D eigenvalue weighted by molar-refractivity contribution is 5.03. The number of aromatic nitrogens is 2. The van der Waals surface area contributed by atoms with Gasteiger partial charge in [-0.2, -0.15) is 5.10 Å². The fourth-order valence-electron chi connectivity index (χ4n) is 3.08. The summed E-state index contributed by atoms with van der Waals surface area (Å²) in [6, 6.07) is 2.66. The van der Waals surface area contributed by atoms with E-state index in [1.165, 1.54) is 5.69 Å². The van der Waals surface area contributed by atoms with E-state index in [1.807, 2.05) is 6.20 Å². The van der Waals surface area contributed by atoms with Gasteiger partial charge in [-0.05, 0) is 12.5 Å². The molecule has 2 aliphatic rings. The van der Waals surface area contributed by atoms with Crippen molar-refractivity contribution in [3.63, 3.8) is 0 Å². The highest BCUT2D eigenvalue weighted by Crippen LogP contribution is 2.22. The minimum absolute atomic E-state index is 0.469. The molecule has 2 aliphatic heterocycles. The summed E-state index contributed by atoms with van der Waals surface area (Å²) in [6.45, 7) is 9.77. The summed E-state index contributed by atoms with van der Waals surface area (Å²) in [5, 5.41) is 4.44. The van der Waals surface area contributed by atoms with Crippen molar-refractivity contribution in [3.8, 4) is 0 Å². The van der Waals surface area contributed by atoms with Gasteiger partial charge in [0.1, 0.15) is 0 Å². The lowest BCUT2D eigenvalue weighted by Gasteiger charge is -2.28. The van der Waals surface area contributed by atoms with E-state index in [9.17, 15) is 0 Å². The quantitative estimate of drug-likeness (QED) is 0.601. The molecule has 1 saturated heterocycles. The fourth-order valence-corrected chi connectivity index (χ4v) is 3.08. The summed E-state index contributed by atoms with van der Waals surface area (Å²) in [5.74, 6) is 0.469. The maximum Gasteiger partial charge on any atom is 0.0645 e. The Labute approximate surface area is 120 Å². The maximum atomic E-state index is 5.66. The van der Waals surface area contributed by atoms with Gasteiger partial charge in [0.15, 0.2) is 0 Å². The molecule has 1 aromatic rings. The molecule has 0 amide bonds. The van der Waals surface area contributed by atoms with Gasteiger partial charge in [-0.15, -0.1) is 6.58 Å². The van der Waals surface area contributed by atoms with Gasteiger partial charge >= 0.3 is 0 Å². The molecule has 1 fully saturated rings. The summed E-state index contributed by atoms with van der Waals surface area (Å²) in [6.07, 6.45) is 4.83. The lowest BCUT2D eigenvalue weighted by Crippen LogP contribution is -2.38. The van der Waals surface area contributed by atoms with Crippen LogP contribution in [0.2, 0.25) is 0 Å². The molecular weight excluding hydrogens is 254 g/mol. The zero-order chi connectivity index (χ0) is 13.8. The number of hydrogen-bond donors (Lipinski definition) is 0. The molecule has 0 bridgehead atoms. The Morgan fingerprint density at radius 1 is 1.50 bits per heavy atom. The van der Waals surface area contributed by atoms with Gasteiger partial charge in [-0.25, -0.2) is 0 Å². The molecule has 0 aromatic carbocycles. The predicted molar refractivity (Wildman–Crippen MR) is 76.4 cm³/mol. The first-order valence-corrected chi connectivity index (χ1v) is 7.38. The van der Waals surface area contributed by atoms with Gasteiger partial charge < -0.3 is 9.47 Å². The van der Waals surface area contributed by atoms with Gasteiger partial charge in [0.2, 0.25) is 0 Å². The first-order valence-electron chi connectivity index (χ1n) is 7.38. The van der Waals surface area contributed by atoms with Crippen molar-refractivity contribution in [2.24, 2.45) is 5.92 Å². The standard InChI is InChI=1S/C15H23N3O2/c1-2-6-19-11-13-8-17(15-4-7-20-12-15)10-14-3-5-16-18(14)9-13/h2-3,5,13,15H,1,4,6-12H2/t13-,15-/m1/s1. The van der Waals surface area contributed by atoms with E-state index >= 15 is 0 Å². The molecule has 1 aromatic heterocycles. The second kappa shape index (κ2) is 6.52. The van der Waals surface area contributed by atoms with Crippen LogP contribution in [0.1, 0.15) is 12.1 Å². The summed E-state index contributed by atoms with van der Waals surface area (Å²) < 4.78 is 13.3. The van der Waals surface area contributed by atoms with Crippen LogP contribution in [0.15, 0.2) is 24.9 Å². The largest absolute Gasteiger partial charge is 0.380 e. The molecule has 5 heteroatoms. The zero-order valence-electron chi connectivity index (χ0n) is 11.9. The highest BCUT2D eigenvalue weighted by atomic mass is 16.5. The van der Waals surface area contributed by atoms with E-state index in [0.717, 1.165) is 45.9 Å². The van der Waals surface area contributed by atoms with Gasteiger partial charge in [-0.3, -0.25) is 9.58 Å². The molecule has 3 heterocycles. The average Bonchev–Trinajstić information content (AvgIpc) is 3.08. The molecule has 0 saturated carbocycles. The second-order valence-electron chi connectivity index (χ2n) is 5.64. The van der Waals surface area contributed by atoms with E-state index in [2.05, 4.69) is 27.3 Å². The van der Waals surface area contributed by atoms with E-state index in [4.69, 9.17) is 9.47 Å². The first-order chi connectivity index (χ1) is 9.86. The fraction of sp³-hybridized carbons (Fsp3) is 0.667. The lowest BCUT2D eigenvalue weighted by molar-refractivity contribution is 0.0768. The van der Waals surface area contributed by atoms with Crippen LogP contribution in [0.4, 0.5) is 0 Å². The molecule has 20 heavy (non-hydrogen) atoms. The SMILES string of the molecule is C=CCOC[C@@H]1CN([C@@H]2CCOC2)Cc2ccnn2C1. The second-order valence-corrected chi connectivity index (χ2v) is 5.64. The molecule has 0 N–H and O–H groups in total. The van der Waals surface area contributed by atoms with E-state index in [1.54, 1.807) is 6.08 Å². The van der Waals surface area contributed by atoms with Crippen LogP contribution in [-0.2, 0) is 22.6 Å². The van der Waals surface area contributed by atoms with Crippen LogP contribution in [0, 0.1) is 5.92 Å². The Hall–Kier alpha value is -1.17. The minimum atomic E-state index is 0.469. The Morgan fingerprint density at radius 3 is 3.25 bits per heavy atom. The average molecular weight is 277 g/mol. The molecule has 110 valence electrons. The third-order valence-electron chi connectivity index (χ3n) is 4.10. The number of ether oxygens (including phenoxy) is 2. The van der Waals surface area contributed by atoms with Crippen LogP contribution < -0.4 is 0 Å². The van der Waals surface area contributed by atoms with Crippen molar-refractivity contribution in [1.82, 2.24) is 14.7 Å².